The number of fused-ring (bicyclic) bond motifs is 1. The molecule has 3 aromatic carbocycles. The number of amides is 2. The zero-order valence-corrected chi connectivity index (χ0v) is 34.6. The van der Waals surface area contributed by atoms with Gasteiger partial charge in [-0.2, -0.15) is 0 Å². The largest absolute Gasteiger partial charge is 0.496 e. The number of carbonyl (C=O) groups is 4. The number of nitro groups is 2. The number of ketones is 2. The number of benzene rings is 3. The van der Waals surface area contributed by atoms with Crippen molar-refractivity contribution >= 4 is 51.3 Å². The van der Waals surface area contributed by atoms with Crippen LogP contribution in [0.4, 0.5) is 17.1 Å². The second-order valence-corrected chi connectivity index (χ2v) is 14.6. The number of anilines is 1. The van der Waals surface area contributed by atoms with Crippen molar-refractivity contribution in [3.8, 4) is 17.1 Å². The summed E-state index contributed by atoms with van der Waals surface area (Å²) in [4.78, 5) is 79.8. The number of hydrogen-bond donors (Lipinski definition) is 2. The van der Waals surface area contributed by atoms with Crippen LogP contribution in [0, 0.1) is 20.2 Å². The lowest BCUT2D eigenvalue weighted by Gasteiger charge is -2.34. The first-order valence-corrected chi connectivity index (χ1v) is 20.2. The number of nitro benzene ring substituents is 2. The minimum atomic E-state index is -0.703. The number of nitrogens with one attached hydrogen (secondary N) is 2. The summed E-state index contributed by atoms with van der Waals surface area (Å²) in [5.74, 6) is -0.186. The topological polar surface area (TPSA) is 260 Å². The Kier molecular flexibility index (Phi) is 14.1. The molecule has 21 heteroatoms. The summed E-state index contributed by atoms with van der Waals surface area (Å²) in [6.07, 6.45) is 3.64. The van der Waals surface area contributed by atoms with Gasteiger partial charge in [0.15, 0.2) is 5.78 Å². The molecular weight excluding hydrogens is 835 g/mol. The fourth-order valence-corrected chi connectivity index (χ4v) is 7.13. The molecule has 1 aliphatic rings. The number of aryl methyl sites for hydroxylation is 1. The van der Waals surface area contributed by atoms with Crippen LogP contribution in [0.15, 0.2) is 89.6 Å². The molecule has 4 heterocycles. The predicted octanol–water partition coefficient (Wildman–Crippen LogP) is 4.86. The third-order valence-electron chi connectivity index (χ3n) is 10.4. The van der Waals surface area contributed by atoms with E-state index < -0.39 is 27.2 Å². The zero-order valence-electron chi connectivity index (χ0n) is 34.6. The number of Topliss-reactive ketones (excluding diaryl/α,β-unsaturated/α-hetero) is 2. The van der Waals surface area contributed by atoms with E-state index in [1.807, 2.05) is 6.07 Å². The second-order valence-electron chi connectivity index (χ2n) is 14.6. The molecule has 2 N–H and O–H groups in total. The first-order valence-electron chi connectivity index (χ1n) is 20.2. The lowest BCUT2D eigenvalue weighted by Crippen LogP contribution is -2.52. The summed E-state index contributed by atoms with van der Waals surface area (Å²) in [6, 6.07) is 19.3. The molecule has 0 saturated carbocycles. The van der Waals surface area contributed by atoms with E-state index in [0.717, 1.165) is 6.07 Å². The van der Waals surface area contributed by atoms with Crippen LogP contribution in [0.25, 0.3) is 22.2 Å². The van der Waals surface area contributed by atoms with Gasteiger partial charge in [-0.15, -0.1) is 5.10 Å². The molecule has 2 amide bonds. The molecule has 0 spiro atoms. The third kappa shape index (κ3) is 10.5. The number of ether oxygens (including phenoxy) is 3. The maximum atomic E-state index is 13.7. The molecule has 6 aromatic rings. The molecule has 7 rings (SSSR count). The highest BCUT2D eigenvalue weighted by molar-refractivity contribution is 6.45. The molecule has 0 radical (unpaired) electrons. The molecular formula is C43H43N9O12. The van der Waals surface area contributed by atoms with Gasteiger partial charge in [-0.1, -0.05) is 23.4 Å². The van der Waals surface area contributed by atoms with E-state index in [9.17, 15) is 39.4 Å². The van der Waals surface area contributed by atoms with Crippen LogP contribution in [0.2, 0.25) is 0 Å². The van der Waals surface area contributed by atoms with E-state index in [2.05, 4.69) is 20.6 Å². The number of carbonyl (C=O) groups excluding carboxylic acids is 4. The fraction of sp³-hybridized carbons (Fsp3) is 0.302. The first kappa shape index (κ1) is 44.3. The number of methoxy groups -OCH3 is 1. The van der Waals surface area contributed by atoms with Crippen molar-refractivity contribution in [2.24, 2.45) is 0 Å². The molecule has 0 bridgehead atoms. The number of nitrogens with zero attached hydrogens (tertiary/aromatic N) is 7. The smallest absolute Gasteiger partial charge is 0.299 e. The SMILES string of the molecule is COc1ccc(-c2ccc(CCC(=O)COCCn3cc(COCCNc4ccc([N+](=O)[O-])cc4[N+](=O)[O-])nn3)o2)c2[nH]cc(C(=O)C(=O)N3CCN(C(=O)c4ccccc4)CC3)c12. The van der Waals surface area contributed by atoms with E-state index in [4.69, 9.17) is 18.6 Å². The Morgan fingerprint density at radius 3 is 2.44 bits per heavy atom. The van der Waals surface area contributed by atoms with E-state index in [1.54, 1.807) is 64.3 Å². The highest BCUT2D eigenvalue weighted by Gasteiger charge is 2.31. The van der Waals surface area contributed by atoms with E-state index in [0.29, 0.717) is 71.0 Å². The monoisotopic (exact) mass is 877 g/mol. The quantitative estimate of drug-likeness (QED) is 0.0322. The van der Waals surface area contributed by atoms with Crippen molar-refractivity contribution in [3.63, 3.8) is 0 Å². The number of aromatic amines is 1. The third-order valence-corrected chi connectivity index (χ3v) is 10.4. The van der Waals surface area contributed by atoms with Crippen molar-refractivity contribution in [2.45, 2.75) is 26.0 Å². The van der Waals surface area contributed by atoms with Gasteiger partial charge in [0.25, 0.3) is 29.0 Å². The Balaban J connectivity index is 0.839. The van der Waals surface area contributed by atoms with Crippen molar-refractivity contribution in [1.29, 1.82) is 0 Å². The lowest BCUT2D eigenvalue weighted by molar-refractivity contribution is -0.393. The molecule has 1 aliphatic heterocycles. The maximum Gasteiger partial charge on any atom is 0.299 e. The van der Waals surface area contributed by atoms with Gasteiger partial charge >= 0.3 is 0 Å². The van der Waals surface area contributed by atoms with Crippen LogP contribution in [-0.2, 0) is 38.6 Å². The van der Waals surface area contributed by atoms with E-state index in [1.165, 1.54) is 30.3 Å². The average molecular weight is 878 g/mol. The summed E-state index contributed by atoms with van der Waals surface area (Å²) < 4.78 is 24.4. The molecule has 21 nitrogen and oxygen atoms in total. The number of hydrogen-bond acceptors (Lipinski definition) is 15. The van der Waals surface area contributed by atoms with Gasteiger partial charge in [-0.3, -0.25) is 39.4 Å². The van der Waals surface area contributed by atoms with Gasteiger partial charge in [0, 0.05) is 69.0 Å². The summed E-state index contributed by atoms with van der Waals surface area (Å²) >= 11 is 0. The molecule has 64 heavy (non-hydrogen) atoms. The Morgan fingerprint density at radius 1 is 0.906 bits per heavy atom. The molecule has 332 valence electrons. The minimum Gasteiger partial charge on any atom is -0.496 e. The molecule has 1 fully saturated rings. The van der Waals surface area contributed by atoms with Gasteiger partial charge in [-0.05, 0) is 42.5 Å². The normalized spacial score (nSPS) is 12.6. The first-order chi connectivity index (χ1) is 31.0. The van der Waals surface area contributed by atoms with Crippen LogP contribution in [-0.4, -0.2) is 123 Å². The summed E-state index contributed by atoms with van der Waals surface area (Å²) in [6.45, 7) is 1.94. The van der Waals surface area contributed by atoms with Crippen LogP contribution in [0.5, 0.6) is 5.75 Å². The van der Waals surface area contributed by atoms with Crippen molar-refractivity contribution < 1.29 is 47.7 Å². The van der Waals surface area contributed by atoms with Crippen LogP contribution in [0.1, 0.15) is 38.6 Å². The van der Waals surface area contributed by atoms with Gasteiger partial charge < -0.3 is 38.7 Å². The molecule has 1 saturated heterocycles. The van der Waals surface area contributed by atoms with Crippen molar-refractivity contribution in [2.75, 3.05) is 65.0 Å². The molecule has 0 unspecified atom stereocenters. The van der Waals surface area contributed by atoms with Crippen LogP contribution >= 0.6 is 0 Å². The van der Waals surface area contributed by atoms with Gasteiger partial charge in [0.1, 0.15) is 35.3 Å². The van der Waals surface area contributed by atoms with E-state index in [-0.39, 0.29) is 81.1 Å². The van der Waals surface area contributed by atoms with Crippen molar-refractivity contribution in [1.82, 2.24) is 29.8 Å². The predicted molar refractivity (Wildman–Crippen MR) is 228 cm³/mol. The van der Waals surface area contributed by atoms with Gasteiger partial charge in [0.2, 0.25) is 0 Å². The standard InChI is InChI=1S/C43H43N9O12/c1-61-38-14-11-33(40-39(38)34(24-45-40)41(54)43(56)49-18-16-48(17-19-49)42(55)28-5-3-2-4-6-28)37-13-10-32(64-37)9-8-31(53)27-63-22-20-50-25-29(46-47-50)26-62-21-15-44-35-12-7-30(51(57)58)23-36(35)52(59)60/h2-7,10-14,23-25,44-45H,8-9,15-22,26-27H2,1H3. The van der Waals surface area contributed by atoms with Crippen LogP contribution < -0.4 is 10.1 Å². The number of aromatic nitrogens is 4. The Labute approximate surface area is 364 Å². The number of rotatable bonds is 21. The molecule has 0 atom stereocenters. The number of non-ortho nitro benzene ring substituents is 1. The second kappa shape index (κ2) is 20.4. The lowest BCUT2D eigenvalue weighted by atomic mass is 10.0. The summed E-state index contributed by atoms with van der Waals surface area (Å²) in [5.41, 5.74) is 1.75. The minimum absolute atomic E-state index is 0.114. The van der Waals surface area contributed by atoms with Crippen molar-refractivity contribution in [3.05, 3.63) is 128 Å². The number of furan rings is 1. The Hall–Kier alpha value is -7.78. The molecule has 0 aliphatic carbocycles. The fourth-order valence-electron chi connectivity index (χ4n) is 7.13. The average Bonchev–Trinajstić information content (AvgIpc) is 4.10. The van der Waals surface area contributed by atoms with Gasteiger partial charge in [-0.25, -0.2) is 4.68 Å². The summed E-state index contributed by atoms with van der Waals surface area (Å²) in [5, 5.41) is 33.6. The molecule has 3 aromatic heterocycles. The highest BCUT2D eigenvalue weighted by Crippen LogP contribution is 2.37. The maximum absolute atomic E-state index is 13.7. The van der Waals surface area contributed by atoms with E-state index >= 15 is 0 Å². The highest BCUT2D eigenvalue weighted by atomic mass is 16.6. The Bertz CT molecular complexity index is 2670. The zero-order chi connectivity index (χ0) is 45.2. The van der Waals surface area contributed by atoms with Crippen LogP contribution in [0.3, 0.4) is 0 Å². The summed E-state index contributed by atoms with van der Waals surface area (Å²) in [7, 11) is 1.48. The number of H-pyrrole nitrogens is 1. The Morgan fingerprint density at radius 2 is 1.69 bits per heavy atom. The van der Waals surface area contributed by atoms with Gasteiger partial charge in [0.05, 0.1) is 72.1 Å². The number of piperazine rings is 1.